The summed E-state index contributed by atoms with van der Waals surface area (Å²) in [5.41, 5.74) is 0.992. The Hall–Kier alpha value is -1.94. The molecule has 1 N–H and O–H groups in total. The number of nitrogens with zero attached hydrogens (tertiary/aromatic N) is 3. The quantitative estimate of drug-likeness (QED) is 0.864. The van der Waals surface area contributed by atoms with Crippen LogP contribution in [-0.4, -0.2) is 35.3 Å². The van der Waals surface area contributed by atoms with Crippen molar-refractivity contribution in [3.63, 3.8) is 0 Å². The van der Waals surface area contributed by atoms with Crippen LogP contribution in [0.2, 0.25) is 0 Å². The Labute approximate surface area is 101 Å². The molecule has 0 saturated carbocycles. The van der Waals surface area contributed by atoms with Crippen molar-refractivity contribution in [2.45, 2.75) is 0 Å². The lowest BCUT2D eigenvalue weighted by Crippen LogP contribution is -2.22. The van der Waals surface area contributed by atoms with Crippen molar-refractivity contribution in [1.82, 2.24) is 9.97 Å². The maximum absolute atomic E-state index is 8.90. The molecule has 0 bridgehead atoms. The Bertz CT molecular complexity index is 473. The SMILES string of the molecule is CN(CCO)c1ccnc(-c2ccccc2)n1. The number of benzene rings is 1. The van der Waals surface area contributed by atoms with Crippen LogP contribution in [0.3, 0.4) is 0 Å². The van der Waals surface area contributed by atoms with Crippen molar-refractivity contribution in [3.8, 4) is 11.4 Å². The first-order chi connectivity index (χ1) is 8.31. The molecule has 1 aromatic carbocycles. The average Bonchev–Trinajstić information content (AvgIpc) is 2.40. The zero-order valence-electron chi connectivity index (χ0n) is 9.74. The second-order valence-electron chi connectivity index (χ2n) is 3.75. The third-order valence-electron chi connectivity index (χ3n) is 2.50. The molecular weight excluding hydrogens is 214 g/mol. The Morgan fingerprint density at radius 3 is 2.65 bits per heavy atom. The smallest absolute Gasteiger partial charge is 0.161 e. The highest BCUT2D eigenvalue weighted by Gasteiger charge is 2.05. The number of likely N-dealkylation sites (N-methyl/N-ethyl adjacent to an activating group) is 1. The van der Waals surface area contributed by atoms with Gasteiger partial charge in [0.25, 0.3) is 0 Å². The van der Waals surface area contributed by atoms with E-state index in [9.17, 15) is 0 Å². The van der Waals surface area contributed by atoms with Crippen LogP contribution in [0.5, 0.6) is 0 Å². The zero-order valence-corrected chi connectivity index (χ0v) is 9.74. The van der Waals surface area contributed by atoms with Crippen LogP contribution in [0, 0.1) is 0 Å². The summed E-state index contributed by atoms with van der Waals surface area (Å²) in [5, 5.41) is 8.90. The van der Waals surface area contributed by atoms with Crippen LogP contribution in [0.25, 0.3) is 11.4 Å². The molecule has 0 saturated heterocycles. The molecule has 1 aromatic heterocycles. The van der Waals surface area contributed by atoms with E-state index in [2.05, 4.69) is 9.97 Å². The molecule has 0 aliphatic heterocycles. The lowest BCUT2D eigenvalue weighted by atomic mass is 10.2. The van der Waals surface area contributed by atoms with Crippen LogP contribution in [-0.2, 0) is 0 Å². The molecule has 0 amide bonds. The monoisotopic (exact) mass is 229 g/mol. The first kappa shape index (κ1) is 11.5. The Morgan fingerprint density at radius 2 is 1.94 bits per heavy atom. The third-order valence-corrected chi connectivity index (χ3v) is 2.50. The summed E-state index contributed by atoms with van der Waals surface area (Å²) in [5.74, 6) is 1.51. The summed E-state index contributed by atoms with van der Waals surface area (Å²) in [4.78, 5) is 10.6. The molecule has 4 nitrogen and oxygen atoms in total. The summed E-state index contributed by atoms with van der Waals surface area (Å²) in [6.07, 6.45) is 1.73. The second-order valence-corrected chi connectivity index (χ2v) is 3.75. The number of aromatic nitrogens is 2. The number of hydrogen-bond acceptors (Lipinski definition) is 4. The molecule has 17 heavy (non-hydrogen) atoms. The number of anilines is 1. The van der Waals surface area contributed by atoms with E-state index in [0.29, 0.717) is 12.4 Å². The van der Waals surface area contributed by atoms with Crippen LogP contribution >= 0.6 is 0 Å². The molecular formula is C13H15N3O. The van der Waals surface area contributed by atoms with Gasteiger partial charge >= 0.3 is 0 Å². The average molecular weight is 229 g/mol. The van der Waals surface area contributed by atoms with Crippen molar-refractivity contribution in [3.05, 3.63) is 42.6 Å². The molecule has 0 atom stereocenters. The van der Waals surface area contributed by atoms with Gasteiger partial charge in [0.15, 0.2) is 5.82 Å². The van der Waals surface area contributed by atoms with Gasteiger partial charge in [-0.25, -0.2) is 9.97 Å². The number of hydrogen-bond donors (Lipinski definition) is 1. The van der Waals surface area contributed by atoms with Crippen molar-refractivity contribution < 1.29 is 5.11 Å². The van der Waals surface area contributed by atoms with Gasteiger partial charge in [0.1, 0.15) is 5.82 Å². The third kappa shape index (κ3) is 2.79. The maximum atomic E-state index is 8.90. The fourth-order valence-corrected chi connectivity index (χ4v) is 1.55. The summed E-state index contributed by atoms with van der Waals surface area (Å²) in [6, 6.07) is 11.7. The minimum Gasteiger partial charge on any atom is -0.395 e. The maximum Gasteiger partial charge on any atom is 0.161 e. The van der Waals surface area contributed by atoms with Gasteiger partial charge in [0.05, 0.1) is 6.61 Å². The number of rotatable bonds is 4. The lowest BCUT2D eigenvalue weighted by molar-refractivity contribution is 0.304. The van der Waals surface area contributed by atoms with Crippen molar-refractivity contribution >= 4 is 5.82 Å². The highest BCUT2D eigenvalue weighted by atomic mass is 16.3. The summed E-state index contributed by atoms with van der Waals surface area (Å²) in [7, 11) is 1.90. The van der Waals surface area contributed by atoms with Crippen molar-refractivity contribution in [1.29, 1.82) is 0 Å². The first-order valence-electron chi connectivity index (χ1n) is 5.51. The lowest BCUT2D eigenvalue weighted by Gasteiger charge is -2.16. The molecule has 0 fully saturated rings. The largest absolute Gasteiger partial charge is 0.395 e. The molecule has 0 radical (unpaired) electrons. The summed E-state index contributed by atoms with van der Waals surface area (Å²) in [6.45, 7) is 0.673. The Morgan fingerprint density at radius 1 is 1.18 bits per heavy atom. The zero-order chi connectivity index (χ0) is 12.1. The van der Waals surface area contributed by atoms with Crippen molar-refractivity contribution in [2.75, 3.05) is 25.1 Å². The van der Waals surface area contributed by atoms with Gasteiger partial charge in [-0.2, -0.15) is 0 Å². The molecule has 88 valence electrons. The fourth-order valence-electron chi connectivity index (χ4n) is 1.55. The molecule has 0 unspecified atom stereocenters. The van der Waals surface area contributed by atoms with Crippen LogP contribution < -0.4 is 4.90 Å². The molecule has 0 aliphatic rings. The van der Waals surface area contributed by atoms with Crippen LogP contribution in [0.4, 0.5) is 5.82 Å². The van der Waals surface area contributed by atoms with Gasteiger partial charge < -0.3 is 10.0 Å². The van der Waals surface area contributed by atoms with E-state index in [-0.39, 0.29) is 6.61 Å². The highest BCUT2D eigenvalue weighted by Crippen LogP contribution is 2.16. The minimum atomic E-state index is 0.112. The minimum absolute atomic E-state index is 0.112. The van der Waals surface area contributed by atoms with Gasteiger partial charge in [0, 0.05) is 25.4 Å². The van der Waals surface area contributed by atoms with E-state index >= 15 is 0 Å². The summed E-state index contributed by atoms with van der Waals surface area (Å²) < 4.78 is 0. The number of aliphatic hydroxyl groups excluding tert-OH is 1. The molecule has 2 rings (SSSR count). The first-order valence-corrected chi connectivity index (χ1v) is 5.51. The van der Waals surface area contributed by atoms with E-state index in [1.54, 1.807) is 6.20 Å². The van der Waals surface area contributed by atoms with E-state index in [4.69, 9.17) is 5.11 Å². The normalized spacial score (nSPS) is 10.2. The molecule has 0 aliphatic carbocycles. The van der Waals surface area contributed by atoms with E-state index in [0.717, 1.165) is 11.4 Å². The highest BCUT2D eigenvalue weighted by molar-refractivity contribution is 5.56. The predicted octanol–water partition coefficient (Wildman–Crippen LogP) is 1.57. The van der Waals surface area contributed by atoms with Gasteiger partial charge in [-0.15, -0.1) is 0 Å². The molecule has 0 spiro atoms. The van der Waals surface area contributed by atoms with Gasteiger partial charge in [-0.1, -0.05) is 30.3 Å². The molecule has 1 heterocycles. The van der Waals surface area contributed by atoms with E-state index in [1.807, 2.05) is 48.3 Å². The van der Waals surface area contributed by atoms with Gasteiger partial charge in [-0.05, 0) is 6.07 Å². The van der Waals surface area contributed by atoms with Gasteiger partial charge in [-0.3, -0.25) is 0 Å². The Balaban J connectivity index is 2.29. The van der Waals surface area contributed by atoms with Crippen molar-refractivity contribution in [2.24, 2.45) is 0 Å². The fraction of sp³-hybridized carbons (Fsp3) is 0.231. The number of aliphatic hydroxyl groups is 1. The molecule has 2 aromatic rings. The summed E-state index contributed by atoms with van der Waals surface area (Å²) >= 11 is 0. The van der Waals surface area contributed by atoms with Crippen LogP contribution in [0.15, 0.2) is 42.6 Å². The Kier molecular flexibility index (Phi) is 3.67. The predicted molar refractivity (Wildman–Crippen MR) is 67.8 cm³/mol. The topological polar surface area (TPSA) is 49.2 Å². The van der Waals surface area contributed by atoms with E-state index < -0.39 is 0 Å². The van der Waals surface area contributed by atoms with E-state index in [1.165, 1.54) is 0 Å². The van der Waals surface area contributed by atoms with Gasteiger partial charge in [0.2, 0.25) is 0 Å². The standard InChI is InChI=1S/C13H15N3O/c1-16(9-10-17)12-7-8-14-13(15-12)11-5-3-2-4-6-11/h2-8,17H,9-10H2,1H3. The van der Waals surface area contributed by atoms with Crippen LogP contribution in [0.1, 0.15) is 0 Å². The molecule has 4 heteroatoms. The second kappa shape index (κ2) is 5.41.